The van der Waals surface area contributed by atoms with E-state index in [1.54, 1.807) is 0 Å². The van der Waals surface area contributed by atoms with Crippen LogP contribution in [0, 0.1) is 5.82 Å². The van der Waals surface area contributed by atoms with E-state index in [4.69, 9.17) is 0 Å². The third-order valence-electron chi connectivity index (χ3n) is 5.79. The van der Waals surface area contributed by atoms with Gasteiger partial charge in [-0.1, -0.05) is 6.07 Å². The summed E-state index contributed by atoms with van der Waals surface area (Å²) in [5, 5.41) is 1.18. The Labute approximate surface area is 165 Å². The first-order chi connectivity index (χ1) is 13.4. The van der Waals surface area contributed by atoms with E-state index < -0.39 is 15.7 Å². The second kappa shape index (κ2) is 7.68. The van der Waals surface area contributed by atoms with Crippen LogP contribution in [0.5, 0.6) is 0 Å². The molecule has 4 nitrogen and oxygen atoms in total. The van der Waals surface area contributed by atoms with Gasteiger partial charge in [0.1, 0.15) is 5.82 Å². The number of rotatable bonds is 6. The molecule has 1 aromatic heterocycles. The average molecular weight is 401 g/mol. The van der Waals surface area contributed by atoms with E-state index in [1.165, 1.54) is 48.1 Å². The first kappa shape index (κ1) is 19.2. The highest BCUT2D eigenvalue weighted by atomic mass is 32.2. The van der Waals surface area contributed by atoms with Crippen molar-refractivity contribution < 1.29 is 12.8 Å². The van der Waals surface area contributed by atoms with Gasteiger partial charge in [-0.3, -0.25) is 0 Å². The van der Waals surface area contributed by atoms with E-state index in [1.807, 2.05) is 12.1 Å². The Bertz CT molecular complexity index is 1070. The standard InChI is InChI=1S/C22H25FN2O2S/c1-25-11-2-3-19(25)14-17-15-24-22-9-4-16(13-21(17)22)10-12-28(26,27)20-7-5-18(23)6-8-20/h4-9,13,15,19,24H,2-3,10-12,14H2,1H3/t19-/m1/s1. The third-order valence-corrected chi connectivity index (χ3v) is 7.52. The fourth-order valence-corrected chi connectivity index (χ4v) is 5.34. The van der Waals surface area contributed by atoms with E-state index in [0.29, 0.717) is 12.5 Å². The molecule has 2 heterocycles. The number of aromatic amines is 1. The molecule has 28 heavy (non-hydrogen) atoms. The highest BCUT2D eigenvalue weighted by molar-refractivity contribution is 7.91. The number of hydrogen-bond acceptors (Lipinski definition) is 3. The zero-order chi connectivity index (χ0) is 19.7. The van der Waals surface area contributed by atoms with Crippen molar-refractivity contribution >= 4 is 20.7 Å². The summed E-state index contributed by atoms with van der Waals surface area (Å²) in [5.41, 5.74) is 3.37. The maximum atomic E-state index is 13.1. The number of aryl methyl sites for hydroxylation is 1. The molecule has 1 N–H and O–H groups in total. The first-order valence-corrected chi connectivity index (χ1v) is 11.3. The van der Waals surface area contributed by atoms with Gasteiger partial charge in [0.2, 0.25) is 0 Å². The molecule has 0 spiro atoms. The van der Waals surface area contributed by atoms with Crippen molar-refractivity contribution in [2.45, 2.75) is 36.6 Å². The molecule has 1 aliphatic rings. The van der Waals surface area contributed by atoms with Crippen LogP contribution in [0.2, 0.25) is 0 Å². The molecule has 0 bridgehead atoms. The average Bonchev–Trinajstić information content (AvgIpc) is 3.27. The molecular weight excluding hydrogens is 375 g/mol. The van der Waals surface area contributed by atoms with Crippen LogP contribution >= 0.6 is 0 Å². The van der Waals surface area contributed by atoms with Crippen molar-refractivity contribution in [2.24, 2.45) is 0 Å². The molecule has 0 unspecified atom stereocenters. The summed E-state index contributed by atoms with van der Waals surface area (Å²) in [7, 11) is -1.25. The number of nitrogens with one attached hydrogen (secondary N) is 1. The quantitative estimate of drug-likeness (QED) is 0.637. The molecule has 0 amide bonds. The zero-order valence-electron chi connectivity index (χ0n) is 16.0. The predicted octanol–water partition coefficient (Wildman–Crippen LogP) is 3.96. The Morgan fingerprint density at radius 1 is 1.18 bits per heavy atom. The molecule has 1 saturated heterocycles. The number of halogens is 1. The molecule has 0 aliphatic carbocycles. The second-order valence-corrected chi connectivity index (χ2v) is 9.81. The van der Waals surface area contributed by atoms with Crippen LogP contribution in [0.3, 0.4) is 0 Å². The van der Waals surface area contributed by atoms with Gasteiger partial charge in [0, 0.05) is 23.1 Å². The molecule has 148 valence electrons. The fourth-order valence-electron chi connectivity index (χ4n) is 4.05. The summed E-state index contributed by atoms with van der Waals surface area (Å²) in [6.07, 6.45) is 5.99. The fraction of sp³-hybridized carbons (Fsp3) is 0.364. The summed E-state index contributed by atoms with van der Waals surface area (Å²) >= 11 is 0. The van der Waals surface area contributed by atoms with Crippen molar-refractivity contribution in [1.82, 2.24) is 9.88 Å². The lowest BCUT2D eigenvalue weighted by Crippen LogP contribution is -2.26. The van der Waals surface area contributed by atoms with Gasteiger partial charge >= 0.3 is 0 Å². The number of likely N-dealkylation sites (tertiary alicyclic amines) is 1. The lowest BCUT2D eigenvalue weighted by Gasteiger charge is -2.18. The Morgan fingerprint density at radius 2 is 1.96 bits per heavy atom. The number of likely N-dealkylation sites (N-methyl/N-ethyl adjacent to an activating group) is 1. The smallest absolute Gasteiger partial charge is 0.178 e. The van der Waals surface area contributed by atoms with Gasteiger partial charge in [-0.25, -0.2) is 12.8 Å². The normalized spacial score (nSPS) is 18.1. The summed E-state index contributed by atoms with van der Waals surface area (Å²) in [5.74, 6) is -0.424. The van der Waals surface area contributed by atoms with E-state index >= 15 is 0 Å². The number of hydrogen-bond donors (Lipinski definition) is 1. The van der Waals surface area contributed by atoms with Gasteiger partial charge in [-0.2, -0.15) is 0 Å². The lowest BCUT2D eigenvalue weighted by molar-refractivity contribution is 0.310. The topological polar surface area (TPSA) is 53.2 Å². The highest BCUT2D eigenvalue weighted by Gasteiger charge is 2.22. The van der Waals surface area contributed by atoms with Crippen molar-refractivity contribution in [3.05, 3.63) is 65.6 Å². The minimum atomic E-state index is -3.43. The number of aromatic nitrogens is 1. The highest BCUT2D eigenvalue weighted by Crippen LogP contribution is 2.26. The molecule has 2 aromatic carbocycles. The van der Waals surface area contributed by atoms with Gasteiger partial charge in [-0.05, 0) is 86.8 Å². The molecule has 4 rings (SSSR count). The Hall–Kier alpha value is -2.18. The molecule has 0 radical (unpaired) electrons. The van der Waals surface area contributed by atoms with Crippen molar-refractivity contribution in [2.75, 3.05) is 19.3 Å². The molecule has 6 heteroatoms. The molecule has 3 aromatic rings. The number of nitrogens with zero attached hydrogens (tertiary/aromatic N) is 1. The van der Waals surface area contributed by atoms with Gasteiger partial charge in [0.15, 0.2) is 9.84 Å². The van der Waals surface area contributed by atoms with E-state index in [9.17, 15) is 12.8 Å². The van der Waals surface area contributed by atoms with Gasteiger partial charge in [-0.15, -0.1) is 0 Å². The van der Waals surface area contributed by atoms with Crippen LogP contribution in [-0.2, 0) is 22.7 Å². The Balaban J connectivity index is 1.51. The van der Waals surface area contributed by atoms with Crippen LogP contribution < -0.4 is 0 Å². The number of sulfone groups is 1. The third kappa shape index (κ3) is 3.98. The van der Waals surface area contributed by atoms with Gasteiger partial charge < -0.3 is 9.88 Å². The van der Waals surface area contributed by atoms with Crippen molar-refractivity contribution in [3.8, 4) is 0 Å². The van der Waals surface area contributed by atoms with Crippen LogP contribution in [0.1, 0.15) is 24.0 Å². The summed E-state index contributed by atoms with van der Waals surface area (Å²) in [6, 6.07) is 11.7. The minimum absolute atomic E-state index is 0.00918. The van der Waals surface area contributed by atoms with Gasteiger partial charge in [0.25, 0.3) is 0 Å². The monoisotopic (exact) mass is 400 g/mol. The largest absolute Gasteiger partial charge is 0.361 e. The van der Waals surface area contributed by atoms with E-state index in [-0.39, 0.29) is 10.6 Å². The minimum Gasteiger partial charge on any atom is -0.361 e. The van der Waals surface area contributed by atoms with E-state index in [2.05, 4.69) is 29.2 Å². The molecule has 1 atom stereocenters. The molecule has 1 aliphatic heterocycles. The predicted molar refractivity (Wildman–Crippen MR) is 110 cm³/mol. The lowest BCUT2D eigenvalue weighted by atomic mass is 10.0. The van der Waals surface area contributed by atoms with Crippen LogP contribution in [0.4, 0.5) is 4.39 Å². The molecule has 0 saturated carbocycles. The first-order valence-electron chi connectivity index (χ1n) is 9.70. The molecule has 1 fully saturated rings. The Morgan fingerprint density at radius 3 is 2.68 bits per heavy atom. The van der Waals surface area contributed by atoms with E-state index in [0.717, 1.165) is 24.0 Å². The SMILES string of the molecule is CN1CCC[C@@H]1Cc1c[nH]c2ccc(CCS(=O)(=O)c3ccc(F)cc3)cc12. The van der Waals surface area contributed by atoms with Crippen molar-refractivity contribution in [3.63, 3.8) is 0 Å². The van der Waals surface area contributed by atoms with Crippen molar-refractivity contribution in [1.29, 1.82) is 0 Å². The van der Waals surface area contributed by atoms with Crippen LogP contribution in [0.15, 0.2) is 53.6 Å². The maximum Gasteiger partial charge on any atom is 0.178 e. The summed E-state index contributed by atoms with van der Waals surface area (Å²) in [4.78, 5) is 5.92. The second-order valence-electron chi connectivity index (χ2n) is 7.70. The zero-order valence-corrected chi connectivity index (χ0v) is 16.8. The Kier molecular flexibility index (Phi) is 5.25. The number of fused-ring (bicyclic) bond motifs is 1. The number of benzene rings is 2. The summed E-state index contributed by atoms with van der Waals surface area (Å²) in [6.45, 7) is 1.15. The van der Waals surface area contributed by atoms with Gasteiger partial charge in [0.05, 0.1) is 10.6 Å². The summed E-state index contributed by atoms with van der Waals surface area (Å²) < 4.78 is 38.1. The number of H-pyrrole nitrogens is 1. The van der Waals surface area contributed by atoms with Crippen LogP contribution in [-0.4, -0.2) is 43.7 Å². The van der Waals surface area contributed by atoms with Crippen LogP contribution in [0.25, 0.3) is 10.9 Å². The molecular formula is C22H25FN2O2S. The maximum absolute atomic E-state index is 13.1.